The van der Waals surface area contributed by atoms with Crippen molar-refractivity contribution in [3.63, 3.8) is 0 Å². The zero-order chi connectivity index (χ0) is 13.7. The summed E-state index contributed by atoms with van der Waals surface area (Å²) in [5.41, 5.74) is 5.46. The van der Waals surface area contributed by atoms with Crippen molar-refractivity contribution in [2.45, 2.75) is 52.0 Å². The highest BCUT2D eigenvalue weighted by Gasteiger charge is 2.37. The van der Waals surface area contributed by atoms with Gasteiger partial charge in [-0.05, 0) is 12.8 Å². The minimum atomic E-state index is -0.407. The largest absolute Gasteiger partial charge is 0.348 e. The van der Waals surface area contributed by atoms with E-state index in [-0.39, 0.29) is 5.91 Å². The average molecular weight is 266 g/mol. The molecule has 0 bridgehead atoms. The molecule has 2 rings (SSSR count). The first-order valence-electron chi connectivity index (χ1n) is 6.94. The highest BCUT2D eigenvalue weighted by Crippen LogP contribution is 2.34. The van der Waals surface area contributed by atoms with Gasteiger partial charge in [-0.2, -0.15) is 4.98 Å². The molecule has 0 saturated heterocycles. The molecule has 0 unspecified atom stereocenters. The van der Waals surface area contributed by atoms with Gasteiger partial charge < -0.3 is 15.6 Å². The zero-order valence-corrected chi connectivity index (χ0v) is 11.4. The van der Waals surface area contributed by atoms with Gasteiger partial charge in [0.15, 0.2) is 5.82 Å². The molecule has 0 spiro atoms. The second-order valence-electron chi connectivity index (χ2n) is 5.31. The summed E-state index contributed by atoms with van der Waals surface area (Å²) in [6.07, 6.45) is 6.29. The predicted octanol–water partition coefficient (Wildman–Crippen LogP) is 1.29. The van der Waals surface area contributed by atoms with Crippen LogP contribution in [0.3, 0.4) is 0 Å². The maximum Gasteiger partial charge on any atom is 0.227 e. The van der Waals surface area contributed by atoms with Crippen molar-refractivity contribution in [3.8, 4) is 0 Å². The van der Waals surface area contributed by atoms with E-state index in [9.17, 15) is 4.79 Å². The Kier molecular flexibility index (Phi) is 4.52. The summed E-state index contributed by atoms with van der Waals surface area (Å²) in [6, 6.07) is 0. The van der Waals surface area contributed by atoms with Gasteiger partial charge in [0.05, 0.1) is 12.0 Å². The molecule has 1 heterocycles. The summed E-state index contributed by atoms with van der Waals surface area (Å²) in [5, 5.41) is 6.67. The molecule has 1 aliphatic carbocycles. The number of nitrogens with two attached hydrogens (primary N) is 1. The maximum atomic E-state index is 12.4. The van der Waals surface area contributed by atoms with Crippen molar-refractivity contribution in [1.82, 2.24) is 15.5 Å². The van der Waals surface area contributed by atoms with Crippen molar-refractivity contribution in [2.24, 2.45) is 11.1 Å². The van der Waals surface area contributed by atoms with E-state index >= 15 is 0 Å². The van der Waals surface area contributed by atoms with E-state index in [0.29, 0.717) is 24.8 Å². The van der Waals surface area contributed by atoms with Crippen molar-refractivity contribution < 1.29 is 9.32 Å². The zero-order valence-electron chi connectivity index (χ0n) is 11.4. The third-order valence-electron chi connectivity index (χ3n) is 3.91. The van der Waals surface area contributed by atoms with Crippen LogP contribution in [-0.4, -0.2) is 22.6 Å². The molecule has 0 aliphatic heterocycles. The molecule has 3 N–H and O–H groups in total. The van der Waals surface area contributed by atoms with Gasteiger partial charge in [0.25, 0.3) is 0 Å². The van der Waals surface area contributed by atoms with Crippen LogP contribution in [0.1, 0.15) is 50.2 Å². The van der Waals surface area contributed by atoms with Crippen LogP contribution in [-0.2, 0) is 11.3 Å². The Labute approximate surface area is 113 Å². The predicted molar refractivity (Wildman–Crippen MR) is 70.1 cm³/mol. The minimum absolute atomic E-state index is 0.0272. The number of aryl methyl sites for hydroxylation is 1. The number of hydrogen-bond donors (Lipinski definition) is 2. The lowest BCUT2D eigenvalue weighted by Crippen LogP contribution is -2.45. The lowest BCUT2D eigenvalue weighted by Gasteiger charge is -2.29. The lowest BCUT2D eigenvalue weighted by atomic mass is 9.79. The summed E-state index contributed by atoms with van der Waals surface area (Å²) in [6.45, 7) is 2.44. The van der Waals surface area contributed by atoms with Crippen molar-refractivity contribution in [1.29, 1.82) is 0 Å². The standard InChI is InChI=1S/C13H22N4O2/c1-10-16-11(17-19-10)8-15-12(18)13(9-14)6-4-2-3-5-7-13/h2-9,14H2,1H3,(H,15,18). The van der Waals surface area contributed by atoms with E-state index in [1.165, 1.54) is 12.8 Å². The second kappa shape index (κ2) is 6.14. The number of amides is 1. The van der Waals surface area contributed by atoms with Crippen LogP contribution >= 0.6 is 0 Å². The SMILES string of the molecule is Cc1nc(CNC(=O)C2(CN)CCCCCC2)no1. The van der Waals surface area contributed by atoms with Gasteiger partial charge in [-0.15, -0.1) is 0 Å². The van der Waals surface area contributed by atoms with Crippen LogP contribution in [0.4, 0.5) is 0 Å². The Bertz CT molecular complexity index is 422. The minimum Gasteiger partial charge on any atom is -0.348 e. The molecule has 106 valence electrons. The van der Waals surface area contributed by atoms with E-state index in [1.807, 2.05) is 0 Å². The van der Waals surface area contributed by atoms with E-state index < -0.39 is 5.41 Å². The van der Waals surface area contributed by atoms with Crippen LogP contribution < -0.4 is 11.1 Å². The third kappa shape index (κ3) is 3.32. The molecule has 0 radical (unpaired) electrons. The summed E-state index contributed by atoms with van der Waals surface area (Å²) in [4.78, 5) is 16.5. The third-order valence-corrected chi connectivity index (χ3v) is 3.91. The number of nitrogens with one attached hydrogen (secondary N) is 1. The first-order chi connectivity index (χ1) is 9.16. The van der Waals surface area contributed by atoms with Crippen molar-refractivity contribution in [2.75, 3.05) is 6.54 Å². The molecule has 1 saturated carbocycles. The Morgan fingerprint density at radius 1 is 1.37 bits per heavy atom. The number of carbonyl (C=O) groups is 1. The average Bonchev–Trinajstić information content (AvgIpc) is 2.69. The summed E-state index contributed by atoms with van der Waals surface area (Å²) >= 11 is 0. The topological polar surface area (TPSA) is 94.0 Å². The summed E-state index contributed by atoms with van der Waals surface area (Å²) in [7, 11) is 0. The fraction of sp³-hybridized carbons (Fsp3) is 0.769. The highest BCUT2D eigenvalue weighted by molar-refractivity contribution is 5.82. The number of rotatable bonds is 4. The van der Waals surface area contributed by atoms with Crippen LogP contribution in [0, 0.1) is 12.3 Å². The van der Waals surface area contributed by atoms with Gasteiger partial charge in [-0.3, -0.25) is 4.79 Å². The van der Waals surface area contributed by atoms with Gasteiger partial charge in [0, 0.05) is 13.5 Å². The fourth-order valence-electron chi connectivity index (χ4n) is 2.69. The molecule has 6 nitrogen and oxygen atoms in total. The molecule has 0 aromatic carbocycles. The summed E-state index contributed by atoms with van der Waals surface area (Å²) < 4.78 is 4.88. The highest BCUT2D eigenvalue weighted by atomic mass is 16.5. The number of hydrogen-bond acceptors (Lipinski definition) is 5. The Morgan fingerprint density at radius 2 is 2.05 bits per heavy atom. The van der Waals surface area contributed by atoms with Crippen molar-refractivity contribution in [3.05, 3.63) is 11.7 Å². The van der Waals surface area contributed by atoms with E-state index in [0.717, 1.165) is 25.7 Å². The molecule has 0 atom stereocenters. The quantitative estimate of drug-likeness (QED) is 0.801. The molecular weight excluding hydrogens is 244 g/mol. The number of aromatic nitrogens is 2. The molecule has 1 aliphatic rings. The first-order valence-corrected chi connectivity index (χ1v) is 6.94. The second-order valence-corrected chi connectivity index (χ2v) is 5.31. The van der Waals surface area contributed by atoms with Gasteiger partial charge in [0.2, 0.25) is 11.8 Å². The molecule has 1 aromatic rings. The van der Waals surface area contributed by atoms with Crippen LogP contribution in [0.5, 0.6) is 0 Å². The van der Waals surface area contributed by atoms with Gasteiger partial charge in [-0.25, -0.2) is 0 Å². The maximum absolute atomic E-state index is 12.4. The monoisotopic (exact) mass is 266 g/mol. The molecule has 1 amide bonds. The molecular formula is C13H22N4O2. The van der Waals surface area contributed by atoms with E-state index in [1.54, 1.807) is 6.92 Å². The number of nitrogens with zero attached hydrogens (tertiary/aromatic N) is 2. The van der Waals surface area contributed by atoms with Crippen LogP contribution in [0.25, 0.3) is 0 Å². The normalized spacial score (nSPS) is 18.8. The first kappa shape index (κ1) is 14.0. The molecule has 1 fully saturated rings. The number of carbonyl (C=O) groups excluding carboxylic acids is 1. The smallest absolute Gasteiger partial charge is 0.227 e. The van der Waals surface area contributed by atoms with Gasteiger partial charge in [-0.1, -0.05) is 30.8 Å². The van der Waals surface area contributed by atoms with Crippen LogP contribution in [0.15, 0.2) is 4.52 Å². The fourth-order valence-corrected chi connectivity index (χ4v) is 2.69. The van der Waals surface area contributed by atoms with Gasteiger partial charge >= 0.3 is 0 Å². The van der Waals surface area contributed by atoms with E-state index in [2.05, 4.69) is 15.5 Å². The molecule has 6 heteroatoms. The van der Waals surface area contributed by atoms with Crippen molar-refractivity contribution >= 4 is 5.91 Å². The van der Waals surface area contributed by atoms with Gasteiger partial charge in [0.1, 0.15) is 0 Å². The Morgan fingerprint density at radius 3 is 2.58 bits per heavy atom. The lowest BCUT2D eigenvalue weighted by molar-refractivity contribution is -0.131. The van der Waals surface area contributed by atoms with E-state index in [4.69, 9.17) is 10.3 Å². The molecule has 1 aromatic heterocycles. The summed E-state index contributed by atoms with van der Waals surface area (Å²) in [5.74, 6) is 1.04. The van der Waals surface area contributed by atoms with Crippen LogP contribution in [0.2, 0.25) is 0 Å². The Hall–Kier alpha value is -1.43. The Balaban J connectivity index is 1.96. The molecule has 19 heavy (non-hydrogen) atoms.